The Kier molecular flexibility index (Phi) is 8.19. The van der Waals surface area contributed by atoms with E-state index in [1.807, 2.05) is 30.3 Å². The molecular formula is C29H32O7S. The maximum Gasteiger partial charge on any atom is 0.304 e. The van der Waals surface area contributed by atoms with E-state index in [1.165, 1.54) is 6.26 Å². The van der Waals surface area contributed by atoms with Gasteiger partial charge in [0.1, 0.15) is 27.9 Å². The summed E-state index contributed by atoms with van der Waals surface area (Å²) in [4.78, 5) is 11.1. The molecular weight excluding hydrogens is 492 g/mol. The third kappa shape index (κ3) is 7.11. The van der Waals surface area contributed by atoms with Crippen LogP contribution in [0.1, 0.15) is 40.2 Å². The lowest BCUT2D eigenvalue weighted by Gasteiger charge is -2.15. The van der Waals surface area contributed by atoms with Crippen molar-refractivity contribution in [2.75, 3.05) is 25.2 Å². The van der Waals surface area contributed by atoms with E-state index in [2.05, 4.69) is 38.1 Å². The average Bonchev–Trinajstić information content (AvgIpc) is 3.21. The lowest BCUT2D eigenvalue weighted by molar-refractivity contribution is -0.137. The van der Waals surface area contributed by atoms with Crippen LogP contribution in [0.2, 0.25) is 0 Å². The normalized spacial score (nSPS) is 14.7. The van der Waals surface area contributed by atoms with E-state index in [9.17, 15) is 13.2 Å². The lowest BCUT2D eigenvalue weighted by atomic mass is 9.93. The number of sulfone groups is 1. The van der Waals surface area contributed by atoms with Gasteiger partial charge < -0.3 is 19.3 Å². The Morgan fingerprint density at radius 3 is 2.49 bits per heavy atom. The Hall–Kier alpha value is -3.36. The Labute approximate surface area is 217 Å². The number of aryl methyl sites for hydroxylation is 2. The summed E-state index contributed by atoms with van der Waals surface area (Å²) in [5.41, 5.74) is 7.42. The number of hydrogen-bond donors (Lipinski definition) is 1. The summed E-state index contributed by atoms with van der Waals surface area (Å²) in [6.07, 6.45) is 1.26. The minimum absolute atomic E-state index is 0.0155. The number of carboxylic acid groups (broad SMARTS) is 1. The molecule has 0 aliphatic carbocycles. The van der Waals surface area contributed by atoms with Gasteiger partial charge >= 0.3 is 5.97 Å². The average molecular weight is 525 g/mol. The van der Waals surface area contributed by atoms with Gasteiger partial charge in [-0.3, -0.25) is 4.79 Å². The maximum atomic E-state index is 11.3. The number of rotatable bonds is 11. The van der Waals surface area contributed by atoms with Crippen molar-refractivity contribution in [1.29, 1.82) is 0 Å². The Morgan fingerprint density at radius 1 is 1.03 bits per heavy atom. The molecule has 0 aromatic heterocycles. The fraction of sp³-hybridized carbons (Fsp3) is 0.345. The summed E-state index contributed by atoms with van der Waals surface area (Å²) in [6, 6.07) is 18.0. The molecule has 4 rings (SSSR count). The summed E-state index contributed by atoms with van der Waals surface area (Å²) in [5.74, 6) is 0.411. The van der Waals surface area contributed by atoms with E-state index in [0.29, 0.717) is 31.3 Å². The van der Waals surface area contributed by atoms with Crippen LogP contribution in [0.15, 0.2) is 54.6 Å². The molecule has 196 valence electrons. The molecule has 0 fully saturated rings. The van der Waals surface area contributed by atoms with Gasteiger partial charge in [-0.25, -0.2) is 8.42 Å². The molecule has 1 N–H and O–H groups in total. The highest BCUT2D eigenvalue weighted by molar-refractivity contribution is 7.90. The third-order valence-electron chi connectivity index (χ3n) is 6.37. The zero-order chi connectivity index (χ0) is 26.6. The third-order valence-corrected chi connectivity index (χ3v) is 7.27. The van der Waals surface area contributed by atoms with Crippen molar-refractivity contribution in [3.8, 4) is 22.6 Å². The van der Waals surface area contributed by atoms with Gasteiger partial charge in [0.05, 0.1) is 32.0 Å². The van der Waals surface area contributed by atoms with Crippen molar-refractivity contribution in [1.82, 2.24) is 0 Å². The number of fused-ring (bicyclic) bond motifs is 1. The van der Waals surface area contributed by atoms with Gasteiger partial charge in [-0.1, -0.05) is 36.4 Å². The number of carbonyl (C=O) groups is 1. The molecule has 0 radical (unpaired) electrons. The molecule has 37 heavy (non-hydrogen) atoms. The molecule has 3 aromatic rings. The highest BCUT2D eigenvalue weighted by atomic mass is 32.2. The van der Waals surface area contributed by atoms with Crippen LogP contribution in [0.25, 0.3) is 11.1 Å². The van der Waals surface area contributed by atoms with Crippen molar-refractivity contribution < 1.29 is 32.5 Å². The highest BCUT2D eigenvalue weighted by Crippen LogP contribution is 2.38. The van der Waals surface area contributed by atoms with Crippen LogP contribution in [0, 0.1) is 13.8 Å². The Bertz CT molecular complexity index is 1370. The van der Waals surface area contributed by atoms with Gasteiger partial charge in [0.25, 0.3) is 0 Å². The maximum absolute atomic E-state index is 11.3. The molecule has 3 aromatic carbocycles. The summed E-state index contributed by atoms with van der Waals surface area (Å²) >= 11 is 0. The van der Waals surface area contributed by atoms with Crippen LogP contribution in [-0.4, -0.2) is 44.7 Å². The Balaban J connectivity index is 1.42. The zero-order valence-corrected chi connectivity index (χ0v) is 22.1. The van der Waals surface area contributed by atoms with E-state index < -0.39 is 15.8 Å². The summed E-state index contributed by atoms with van der Waals surface area (Å²) in [5, 5.41) is 9.08. The quantitative estimate of drug-likeness (QED) is 0.350. The molecule has 7 nitrogen and oxygen atoms in total. The standard InChI is InChI=1S/C29H32O7S/c1-19-11-22(16-34-9-10-37(3,32)33)12-20(2)29(19)23-6-4-5-21(13-23)17-35-25-7-8-26-24(14-28(30)31)18-36-27(26)15-25/h4-8,11-13,15,24H,9-10,14,16-18H2,1-3H3,(H,30,31)/t24-/m1/s1. The van der Waals surface area contributed by atoms with E-state index in [4.69, 9.17) is 19.3 Å². The fourth-order valence-electron chi connectivity index (χ4n) is 4.70. The Morgan fingerprint density at radius 2 is 1.78 bits per heavy atom. The van der Waals surface area contributed by atoms with Crippen LogP contribution in [0.5, 0.6) is 11.5 Å². The van der Waals surface area contributed by atoms with Gasteiger partial charge in [-0.05, 0) is 59.4 Å². The minimum atomic E-state index is -3.03. The monoisotopic (exact) mass is 524 g/mol. The predicted octanol–water partition coefficient (Wildman–Crippen LogP) is 5.06. The molecule has 0 saturated carbocycles. The van der Waals surface area contributed by atoms with E-state index in [0.717, 1.165) is 38.9 Å². The lowest BCUT2D eigenvalue weighted by Crippen LogP contribution is -2.10. The number of benzene rings is 3. The van der Waals surface area contributed by atoms with Crippen LogP contribution in [0.3, 0.4) is 0 Å². The zero-order valence-electron chi connectivity index (χ0n) is 21.3. The van der Waals surface area contributed by atoms with Gasteiger partial charge in [-0.15, -0.1) is 0 Å². The second-order valence-corrected chi connectivity index (χ2v) is 11.8. The molecule has 1 aliphatic rings. The smallest absolute Gasteiger partial charge is 0.304 e. The second-order valence-electron chi connectivity index (χ2n) is 9.58. The SMILES string of the molecule is Cc1cc(COCCS(C)(=O)=O)cc(C)c1-c1cccc(COc2ccc3c(c2)OC[C@H]3CC(=O)O)c1. The molecule has 0 saturated heterocycles. The van der Waals surface area contributed by atoms with Gasteiger partial charge in [0, 0.05) is 23.8 Å². The first kappa shape index (κ1) is 26.7. The minimum Gasteiger partial charge on any atom is -0.492 e. The van der Waals surface area contributed by atoms with Crippen molar-refractivity contribution in [3.05, 3.63) is 82.4 Å². The van der Waals surface area contributed by atoms with Gasteiger partial charge in [0.2, 0.25) is 0 Å². The molecule has 0 bridgehead atoms. The molecule has 0 unspecified atom stereocenters. The largest absolute Gasteiger partial charge is 0.492 e. The summed E-state index contributed by atoms with van der Waals surface area (Å²) < 4.78 is 39.8. The molecule has 8 heteroatoms. The van der Waals surface area contributed by atoms with Gasteiger partial charge in [0.15, 0.2) is 0 Å². The first-order valence-corrected chi connectivity index (χ1v) is 14.2. The van der Waals surface area contributed by atoms with Crippen LogP contribution < -0.4 is 9.47 Å². The predicted molar refractivity (Wildman–Crippen MR) is 142 cm³/mol. The molecule has 0 amide bonds. The van der Waals surface area contributed by atoms with Crippen LogP contribution in [-0.2, 0) is 32.6 Å². The van der Waals surface area contributed by atoms with Crippen molar-refractivity contribution in [2.45, 2.75) is 39.4 Å². The molecule has 1 heterocycles. The van der Waals surface area contributed by atoms with E-state index in [-0.39, 0.29) is 24.7 Å². The number of hydrogen-bond acceptors (Lipinski definition) is 6. The summed E-state index contributed by atoms with van der Waals surface area (Å²) in [7, 11) is -3.03. The number of carboxylic acids is 1. The van der Waals surface area contributed by atoms with Crippen molar-refractivity contribution in [2.24, 2.45) is 0 Å². The van der Waals surface area contributed by atoms with E-state index >= 15 is 0 Å². The van der Waals surface area contributed by atoms with Gasteiger partial charge in [-0.2, -0.15) is 0 Å². The second kappa shape index (κ2) is 11.4. The fourth-order valence-corrected chi connectivity index (χ4v) is 5.12. The summed E-state index contributed by atoms with van der Waals surface area (Å²) in [6.45, 7) is 5.43. The van der Waals surface area contributed by atoms with E-state index in [1.54, 1.807) is 0 Å². The molecule has 1 aliphatic heterocycles. The molecule has 1 atom stereocenters. The van der Waals surface area contributed by atoms with Crippen molar-refractivity contribution >= 4 is 15.8 Å². The highest BCUT2D eigenvalue weighted by Gasteiger charge is 2.26. The number of ether oxygens (including phenoxy) is 3. The number of aliphatic carboxylic acids is 1. The van der Waals surface area contributed by atoms with Crippen LogP contribution in [0.4, 0.5) is 0 Å². The first-order chi connectivity index (χ1) is 17.6. The first-order valence-electron chi connectivity index (χ1n) is 12.2. The van der Waals surface area contributed by atoms with Crippen LogP contribution >= 0.6 is 0 Å². The topological polar surface area (TPSA) is 99.1 Å². The molecule has 0 spiro atoms. The van der Waals surface area contributed by atoms with Crippen molar-refractivity contribution in [3.63, 3.8) is 0 Å².